The van der Waals surface area contributed by atoms with Crippen LogP contribution in [-0.2, 0) is 4.74 Å². The zero-order chi connectivity index (χ0) is 9.30. The average Bonchev–Trinajstić information content (AvgIpc) is 2.32. The van der Waals surface area contributed by atoms with Gasteiger partial charge in [0.05, 0.1) is 6.61 Å². The minimum Gasteiger partial charge on any atom is -0.487 e. The fourth-order valence-corrected chi connectivity index (χ4v) is 1.09. The van der Waals surface area contributed by atoms with E-state index in [0.717, 1.165) is 0 Å². The third-order valence-electron chi connectivity index (χ3n) is 1.84. The van der Waals surface area contributed by atoms with Gasteiger partial charge in [-0.3, -0.25) is 0 Å². The Balaban J connectivity index is 2.64. The summed E-state index contributed by atoms with van der Waals surface area (Å²) in [6, 6.07) is 0. The minimum absolute atomic E-state index is 0.0139. The van der Waals surface area contributed by atoms with E-state index in [0.29, 0.717) is 0 Å². The first-order valence-corrected chi connectivity index (χ1v) is 3.58. The quantitative estimate of drug-likeness (QED) is 0.390. The monoisotopic (exact) mass is 176 g/mol. The Bertz CT molecular complexity index is 181. The highest BCUT2D eigenvalue weighted by Crippen LogP contribution is 2.24. The molecule has 5 heteroatoms. The number of hydrogen-bond donors (Lipinski definition) is 4. The van der Waals surface area contributed by atoms with Gasteiger partial charge < -0.3 is 25.2 Å². The second kappa shape index (κ2) is 3.40. The van der Waals surface area contributed by atoms with Crippen molar-refractivity contribution >= 4 is 0 Å². The molecule has 1 rings (SSSR count). The SMILES string of the molecule is C=C1O[C@H]([C@@H](O)CO)C(O)C1O. The van der Waals surface area contributed by atoms with Crippen LogP contribution in [0, 0.1) is 0 Å². The van der Waals surface area contributed by atoms with Crippen molar-refractivity contribution in [3.8, 4) is 0 Å². The maximum Gasteiger partial charge on any atom is 0.155 e. The van der Waals surface area contributed by atoms with E-state index in [9.17, 15) is 5.11 Å². The smallest absolute Gasteiger partial charge is 0.155 e. The lowest BCUT2D eigenvalue weighted by molar-refractivity contribution is -0.0628. The van der Waals surface area contributed by atoms with Gasteiger partial charge in [-0.05, 0) is 0 Å². The Hall–Kier alpha value is -0.620. The first kappa shape index (κ1) is 9.47. The van der Waals surface area contributed by atoms with Crippen molar-refractivity contribution in [3.63, 3.8) is 0 Å². The summed E-state index contributed by atoms with van der Waals surface area (Å²) >= 11 is 0. The van der Waals surface area contributed by atoms with Gasteiger partial charge in [-0.15, -0.1) is 0 Å². The van der Waals surface area contributed by atoms with Crippen LogP contribution in [0.2, 0.25) is 0 Å². The van der Waals surface area contributed by atoms with E-state index < -0.39 is 31.0 Å². The molecule has 70 valence electrons. The van der Waals surface area contributed by atoms with Crippen LogP contribution in [0.15, 0.2) is 12.3 Å². The van der Waals surface area contributed by atoms with E-state index in [1.807, 2.05) is 0 Å². The van der Waals surface area contributed by atoms with Crippen molar-refractivity contribution in [2.75, 3.05) is 6.61 Å². The van der Waals surface area contributed by atoms with E-state index >= 15 is 0 Å². The van der Waals surface area contributed by atoms with Crippen molar-refractivity contribution in [1.82, 2.24) is 0 Å². The van der Waals surface area contributed by atoms with Gasteiger partial charge in [0.25, 0.3) is 0 Å². The summed E-state index contributed by atoms with van der Waals surface area (Å²) in [4.78, 5) is 0. The molecule has 0 bridgehead atoms. The molecule has 0 aromatic heterocycles. The largest absolute Gasteiger partial charge is 0.487 e. The van der Waals surface area contributed by atoms with Gasteiger partial charge in [-0.2, -0.15) is 0 Å². The summed E-state index contributed by atoms with van der Waals surface area (Å²) in [7, 11) is 0. The molecule has 0 radical (unpaired) electrons. The van der Waals surface area contributed by atoms with Crippen LogP contribution in [0.4, 0.5) is 0 Å². The highest BCUT2D eigenvalue weighted by atomic mass is 16.5. The third kappa shape index (κ3) is 1.44. The van der Waals surface area contributed by atoms with Crippen LogP contribution in [0.1, 0.15) is 0 Å². The fraction of sp³-hybridized carbons (Fsp3) is 0.714. The predicted octanol–water partition coefficient (Wildman–Crippen LogP) is -2.03. The van der Waals surface area contributed by atoms with Crippen LogP contribution in [0.5, 0.6) is 0 Å². The van der Waals surface area contributed by atoms with E-state index in [1.165, 1.54) is 0 Å². The van der Waals surface area contributed by atoms with Gasteiger partial charge in [-0.1, -0.05) is 6.58 Å². The summed E-state index contributed by atoms with van der Waals surface area (Å²) in [6.07, 6.45) is -4.60. The highest BCUT2D eigenvalue weighted by molar-refractivity contribution is 5.07. The summed E-state index contributed by atoms with van der Waals surface area (Å²) < 4.78 is 4.83. The van der Waals surface area contributed by atoms with Gasteiger partial charge in [0.2, 0.25) is 0 Å². The van der Waals surface area contributed by atoms with E-state index in [2.05, 4.69) is 6.58 Å². The predicted molar refractivity (Wildman–Crippen MR) is 39.1 cm³/mol. The van der Waals surface area contributed by atoms with E-state index in [-0.39, 0.29) is 5.76 Å². The van der Waals surface area contributed by atoms with Crippen LogP contribution >= 0.6 is 0 Å². The summed E-state index contributed by atoms with van der Waals surface area (Å²) in [5.74, 6) is 0.0139. The fourth-order valence-electron chi connectivity index (χ4n) is 1.09. The molecule has 4 N–H and O–H groups in total. The molecule has 4 atom stereocenters. The Kier molecular flexibility index (Phi) is 2.69. The molecule has 0 amide bonds. The molecule has 1 saturated heterocycles. The first-order valence-electron chi connectivity index (χ1n) is 3.58. The average molecular weight is 176 g/mol. The lowest BCUT2D eigenvalue weighted by Crippen LogP contribution is -2.40. The second-order valence-electron chi connectivity index (χ2n) is 2.73. The molecule has 1 aliphatic heterocycles. The van der Waals surface area contributed by atoms with Crippen LogP contribution in [-0.4, -0.2) is 51.4 Å². The lowest BCUT2D eigenvalue weighted by atomic mass is 10.1. The Morgan fingerprint density at radius 3 is 2.42 bits per heavy atom. The number of aliphatic hydroxyl groups is 4. The maximum absolute atomic E-state index is 9.22. The Morgan fingerprint density at radius 1 is 1.50 bits per heavy atom. The second-order valence-corrected chi connectivity index (χ2v) is 2.73. The van der Waals surface area contributed by atoms with Crippen molar-refractivity contribution in [1.29, 1.82) is 0 Å². The minimum atomic E-state index is -1.22. The van der Waals surface area contributed by atoms with E-state index in [1.54, 1.807) is 0 Å². The van der Waals surface area contributed by atoms with Crippen molar-refractivity contribution in [2.24, 2.45) is 0 Å². The zero-order valence-corrected chi connectivity index (χ0v) is 6.42. The van der Waals surface area contributed by atoms with Crippen LogP contribution < -0.4 is 0 Å². The topological polar surface area (TPSA) is 90.2 Å². The molecule has 2 unspecified atom stereocenters. The molecule has 0 aromatic rings. The number of rotatable bonds is 2. The molecule has 12 heavy (non-hydrogen) atoms. The number of hydrogen-bond acceptors (Lipinski definition) is 5. The number of ether oxygens (including phenoxy) is 1. The molecule has 5 nitrogen and oxygen atoms in total. The normalized spacial score (nSPS) is 38.0. The molecule has 0 aliphatic carbocycles. The Morgan fingerprint density at radius 2 is 2.08 bits per heavy atom. The third-order valence-corrected chi connectivity index (χ3v) is 1.84. The molecule has 1 fully saturated rings. The zero-order valence-electron chi connectivity index (χ0n) is 6.42. The molecule has 0 aromatic carbocycles. The van der Waals surface area contributed by atoms with Crippen molar-refractivity contribution in [2.45, 2.75) is 24.4 Å². The van der Waals surface area contributed by atoms with Crippen LogP contribution in [0.3, 0.4) is 0 Å². The molecule has 1 aliphatic rings. The highest BCUT2D eigenvalue weighted by Gasteiger charge is 2.42. The summed E-state index contributed by atoms with van der Waals surface area (Å²) in [6.45, 7) is 2.80. The standard InChI is InChI=1S/C7H12O5/c1-3-5(10)6(11)7(12-3)4(9)2-8/h4-11H,1-2H2/t4-,5?,6?,7+/m0/s1. The lowest BCUT2D eigenvalue weighted by Gasteiger charge is -2.18. The van der Waals surface area contributed by atoms with Gasteiger partial charge in [0.1, 0.15) is 24.1 Å². The molecule has 0 spiro atoms. The van der Waals surface area contributed by atoms with Gasteiger partial charge >= 0.3 is 0 Å². The van der Waals surface area contributed by atoms with Crippen molar-refractivity contribution in [3.05, 3.63) is 12.3 Å². The van der Waals surface area contributed by atoms with Gasteiger partial charge in [0, 0.05) is 0 Å². The molecular weight excluding hydrogens is 164 g/mol. The molecule has 0 saturated carbocycles. The maximum atomic E-state index is 9.22. The first-order chi connectivity index (χ1) is 5.57. The van der Waals surface area contributed by atoms with Gasteiger partial charge in [0.15, 0.2) is 6.10 Å². The molecule has 1 heterocycles. The Labute approximate surface area is 69.5 Å². The molecular formula is C7H12O5. The van der Waals surface area contributed by atoms with Gasteiger partial charge in [-0.25, -0.2) is 0 Å². The van der Waals surface area contributed by atoms with E-state index in [4.69, 9.17) is 20.1 Å². The van der Waals surface area contributed by atoms with Crippen LogP contribution in [0.25, 0.3) is 0 Å². The number of aliphatic hydroxyl groups excluding tert-OH is 4. The van der Waals surface area contributed by atoms with Crippen molar-refractivity contribution < 1.29 is 25.2 Å². The summed E-state index contributed by atoms with van der Waals surface area (Å²) in [5.41, 5.74) is 0. The summed E-state index contributed by atoms with van der Waals surface area (Å²) in [5, 5.41) is 35.9.